The lowest BCUT2D eigenvalue weighted by Crippen LogP contribution is -2.51. The Morgan fingerprint density at radius 2 is 1.97 bits per heavy atom. The fourth-order valence-electron chi connectivity index (χ4n) is 4.84. The number of benzene rings is 1. The molecule has 0 radical (unpaired) electrons. The molecule has 2 atom stereocenters. The lowest BCUT2D eigenvalue weighted by Gasteiger charge is -2.39. The van der Waals surface area contributed by atoms with Gasteiger partial charge in [-0.1, -0.05) is 32.0 Å². The summed E-state index contributed by atoms with van der Waals surface area (Å²) in [7, 11) is 0. The molecule has 1 aromatic carbocycles. The van der Waals surface area contributed by atoms with Crippen molar-refractivity contribution < 1.29 is 0 Å². The van der Waals surface area contributed by atoms with Crippen molar-refractivity contribution in [1.82, 2.24) is 9.61 Å². The van der Waals surface area contributed by atoms with Crippen molar-refractivity contribution in [3.63, 3.8) is 0 Å². The zero-order valence-corrected chi connectivity index (χ0v) is 20.5. The quantitative estimate of drug-likeness (QED) is 0.330. The molecule has 0 bridgehead atoms. The molecular weight excluding hydrogens is 464 g/mol. The number of hydrogen-bond donors (Lipinski definition) is 3. The Labute approximate surface area is 197 Å². The number of fused-ring (bicyclic) bond motifs is 1. The van der Waals surface area contributed by atoms with Gasteiger partial charge >= 0.3 is 0 Å². The van der Waals surface area contributed by atoms with Gasteiger partial charge in [0.05, 0.1) is 28.7 Å². The average molecular weight is 495 g/mol. The molecule has 0 spiro atoms. The molecule has 2 aliphatic carbocycles. The number of aromatic nitrogens is 2. The van der Waals surface area contributed by atoms with Crippen LogP contribution in [0.1, 0.15) is 63.5 Å². The third kappa shape index (κ3) is 3.61. The maximum absolute atomic E-state index is 6.65. The molecule has 5 rings (SSSR count). The molecule has 2 saturated carbocycles. The predicted molar refractivity (Wildman–Crippen MR) is 135 cm³/mol. The number of nitrogens with zero attached hydrogens (tertiary/aromatic N) is 3. The van der Waals surface area contributed by atoms with Gasteiger partial charge in [0.25, 0.3) is 0 Å². The highest BCUT2D eigenvalue weighted by molar-refractivity contribution is 9.10. The summed E-state index contributed by atoms with van der Waals surface area (Å²) in [6.45, 7) is 6.64. The van der Waals surface area contributed by atoms with Crippen LogP contribution in [0.5, 0.6) is 0 Å². The van der Waals surface area contributed by atoms with Gasteiger partial charge in [-0.15, -0.1) is 0 Å². The van der Waals surface area contributed by atoms with Gasteiger partial charge in [0, 0.05) is 27.7 Å². The molecule has 3 aromatic rings. The smallest absolute Gasteiger partial charge is 0.135 e. The molecule has 5 N–H and O–H groups in total. The largest absolute Gasteiger partial charge is 0.383 e. The number of rotatable bonds is 5. The maximum Gasteiger partial charge on any atom is 0.135 e. The Bertz CT molecular complexity index is 1200. The molecule has 0 saturated heterocycles. The highest BCUT2D eigenvalue weighted by Crippen LogP contribution is 2.46. The van der Waals surface area contributed by atoms with Crippen LogP contribution in [0.3, 0.4) is 0 Å². The second kappa shape index (κ2) is 7.59. The van der Waals surface area contributed by atoms with E-state index in [4.69, 9.17) is 16.5 Å². The summed E-state index contributed by atoms with van der Waals surface area (Å²) in [5, 5.41) is 8.40. The highest BCUT2D eigenvalue weighted by Gasteiger charge is 2.49. The van der Waals surface area contributed by atoms with Crippen LogP contribution in [-0.4, -0.2) is 27.0 Å². The van der Waals surface area contributed by atoms with E-state index in [2.05, 4.69) is 65.3 Å². The van der Waals surface area contributed by atoms with Crippen LogP contribution < -0.4 is 16.8 Å². The number of hydrogen-bond acceptors (Lipinski definition) is 4. The van der Waals surface area contributed by atoms with E-state index in [1.165, 1.54) is 18.4 Å². The molecule has 6 nitrogen and oxygen atoms in total. The minimum atomic E-state index is -0.237. The number of nitrogens with two attached hydrogens (primary N) is 2. The Morgan fingerprint density at radius 3 is 2.66 bits per heavy atom. The second-order valence-corrected chi connectivity index (χ2v) is 11.0. The van der Waals surface area contributed by atoms with Gasteiger partial charge in [0.2, 0.25) is 0 Å². The first-order valence-electron chi connectivity index (χ1n) is 11.3. The van der Waals surface area contributed by atoms with E-state index in [0.29, 0.717) is 11.8 Å². The van der Waals surface area contributed by atoms with Crippen molar-refractivity contribution >= 4 is 38.7 Å². The van der Waals surface area contributed by atoms with Gasteiger partial charge in [0.1, 0.15) is 5.84 Å². The van der Waals surface area contributed by atoms with Crippen LogP contribution in [0, 0.1) is 5.41 Å². The van der Waals surface area contributed by atoms with E-state index in [1.807, 2.05) is 29.0 Å². The van der Waals surface area contributed by atoms with Crippen molar-refractivity contribution in [1.29, 1.82) is 0 Å². The van der Waals surface area contributed by atoms with Gasteiger partial charge in [-0.2, -0.15) is 5.10 Å². The summed E-state index contributed by atoms with van der Waals surface area (Å²) in [5.41, 5.74) is 17.9. The van der Waals surface area contributed by atoms with Crippen LogP contribution in [0.4, 0.5) is 11.4 Å². The first kappa shape index (κ1) is 21.5. The molecule has 32 heavy (non-hydrogen) atoms. The molecule has 2 heterocycles. The lowest BCUT2D eigenvalue weighted by atomic mass is 9.75. The van der Waals surface area contributed by atoms with Crippen molar-refractivity contribution in [3.8, 4) is 0 Å². The highest BCUT2D eigenvalue weighted by atomic mass is 79.9. The maximum atomic E-state index is 6.65. The topological polar surface area (TPSA) is 93.7 Å². The number of para-hydroxylation sites is 1. The number of anilines is 1. The Hall–Kier alpha value is -2.38. The molecule has 168 valence electrons. The van der Waals surface area contributed by atoms with Crippen LogP contribution >= 0.6 is 15.9 Å². The fraction of sp³-hybridized carbons (Fsp3) is 0.440. The zero-order chi connectivity index (χ0) is 22.7. The molecule has 2 aromatic heterocycles. The van der Waals surface area contributed by atoms with Crippen molar-refractivity contribution in [2.75, 3.05) is 5.32 Å². The van der Waals surface area contributed by atoms with Gasteiger partial charge in [0.15, 0.2) is 0 Å². The number of aliphatic imine (C=N–C) groups is 1. The number of halogens is 1. The number of amidine groups is 1. The molecule has 0 unspecified atom stereocenters. The molecule has 7 heteroatoms. The van der Waals surface area contributed by atoms with Gasteiger partial charge in [-0.3, -0.25) is 0 Å². The van der Waals surface area contributed by atoms with Crippen molar-refractivity contribution in [2.24, 2.45) is 21.9 Å². The summed E-state index contributed by atoms with van der Waals surface area (Å²) >= 11 is 3.59. The second-order valence-electron chi connectivity index (χ2n) is 10.1. The predicted octanol–water partition coefficient (Wildman–Crippen LogP) is 5.33. The van der Waals surface area contributed by atoms with Crippen molar-refractivity contribution in [2.45, 2.75) is 64.0 Å². The monoisotopic (exact) mass is 494 g/mol. The SMILES string of the molecule is CC1(C)[C@H](Nc2c(/C(N)=N/c3ccccc3C3CC3)cnn3cc(Br)cc23)CC[C@]1(C)N. The minimum absolute atomic E-state index is 0.0845. The standard InChI is InChI=1S/C25H31BrN6/c1-24(2)21(10-11-25(24,3)28)31-22-18(13-29-32-14-16(26)12-20(22)32)23(27)30-19-7-5-4-6-17(19)15-8-9-15/h4-7,12-15,21,31H,8-11,28H2,1-3H3,(H2,27,30)/t21-,25+/m1/s1. The summed E-state index contributed by atoms with van der Waals surface area (Å²) in [4.78, 5) is 4.87. The van der Waals surface area contributed by atoms with Crippen LogP contribution in [0.2, 0.25) is 0 Å². The third-order valence-electron chi connectivity index (χ3n) is 7.69. The van der Waals surface area contributed by atoms with E-state index in [9.17, 15) is 0 Å². The molecule has 0 amide bonds. The molecule has 2 aliphatic rings. The van der Waals surface area contributed by atoms with Gasteiger partial charge in [-0.05, 0) is 72.2 Å². The lowest BCUT2D eigenvalue weighted by molar-refractivity contribution is 0.215. The Kier molecular flexibility index (Phi) is 5.09. The molecular formula is C25H31BrN6. The van der Waals surface area contributed by atoms with Crippen LogP contribution in [0.25, 0.3) is 5.52 Å². The van der Waals surface area contributed by atoms with Gasteiger partial charge in [-0.25, -0.2) is 9.51 Å². The van der Waals surface area contributed by atoms with E-state index in [1.54, 1.807) is 0 Å². The summed E-state index contributed by atoms with van der Waals surface area (Å²) < 4.78 is 2.83. The van der Waals surface area contributed by atoms with E-state index < -0.39 is 0 Å². The minimum Gasteiger partial charge on any atom is -0.383 e. The zero-order valence-electron chi connectivity index (χ0n) is 18.9. The van der Waals surface area contributed by atoms with E-state index >= 15 is 0 Å². The van der Waals surface area contributed by atoms with Crippen LogP contribution in [-0.2, 0) is 0 Å². The number of nitrogens with one attached hydrogen (secondary N) is 1. The average Bonchev–Trinajstić information content (AvgIpc) is 3.47. The van der Waals surface area contributed by atoms with Crippen LogP contribution in [0.15, 0.2) is 52.2 Å². The summed E-state index contributed by atoms with van der Waals surface area (Å²) in [5.74, 6) is 1.07. The van der Waals surface area contributed by atoms with E-state index in [-0.39, 0.29) is 17.0 Å². The van der Waals surface area contributed by atoms with Crippen molar-refractivity contribution in [3.05, 3.63) is 58.3 Å². The molecule has 2 fully saturated rings. The Balaban J connectivity index is 1.60. The first-order chi connectivity index (χ1) is 15.2. The van der Waals surface area contributed by atoms with Gasteiger partial charge < -0.3 is 16.8 Å². The van der Waals surface area contributed by atoms with E-state index in [0.717, 1.165) is 39.8 Å². The Morgan fingerprint density at radius 1 is 1.22 bits per heavy atom. The summed E-state index contributed by atoms with van der Waals surface area (Å²) in [6.07, 6.45) is 8.17. The normalized spacial score (nSPS) is 25.4. The first-order valence-corrected chi connectivity index (χ1v) is 12.1. The fourth-order valence-corrected chi connectivity index (χ4v) is 5.25. The molecule has 0 aliphatic heterocycles. The third-order valence-corrected chi connectivity index (χ3v) is 8.12. The summed E-state index contributed by atoms with van der Waals surface area (Å²) in [6, 6.07) is 10.6.